The van der Waals surface area contributed by atoms with Gasteiger partial charge in [0.05, 0.1) is 11.1 Å². The van der Waals surface area contributed by atoms with Gasteiger partial charge in [0.2, 0.25) is 5.82 Å². The molecule has 13 nitrogen and oxygen atoms in total. The van der Waals surface area contributed by atoms with Gasteiger partial charge in [-0.1, -0.05) is 5.92 Å². The van der Waals surface area contributed by atoms with Crippen LogP contribution in [0.5, 0.6) is 0 Å². The van der Waals surface area contributed by atoms with Crippen LogP contribution in [0.1, 0.15) is 12.2 Å². The normalized spacial score (nSPS) is 11.4. The smallest absolute Gasteiger partial charge is 0.315 e. The van der Waals surface area contributed by atoms with Crippen LogP contribution in [0.25, 0.3) is 22.8 Å². The van der Waals surface area contributed by atoms with E-state index in [-0.39, 0.29) is 38.7 Å². The van der Waals surface area contributed by atoms with Crippen LogP contribution in [0.2, 0.25) is 0 Å². The second kappa shape index (κ2) is 8.69. The van der Waals surface area contributed by atoms with Crippen LogP contribution < -0.4 is 0 Å². The van der Waals surface area contributed by atoms with Gasteiger partial charge in [-0.2, -0.15) is 0 Å². The van der Waals surface area contributed by atoms with Gasteiger partial charge < -0.3 is 5.11 Å². The van der Waals surface area contributed by atoms with E-state index in [4.69, 9.17) is 5.11 Å². The Labute approximate surface area is 181 Å². The predicted octanol–water partition coefficient (Wildman–Crippen LogP) is -0.581. The van der Waals surface area contributed by atoms with Crippen molar-refractivity contribution in [3.05, 3.63) is 30.9 Å². The van der Waals surface area contributed by atoms with E-state index >= 15 is 0 Å². The van der Waals surface area contributed by atoms with Crippen molar-refractivity contribution >= 4 is 25.6 Å². The SMILES string of the molecule is CS(=O)(=O)c1ncncc1-c1nc(C#CCC(=O)O)nc(-c2cncnc2S(C)(=O)=O)n1. The Balaban J connectivity index is 2.33. The van der Waals surface area contributed by atoms with Crippen LogP contribution in [0.3, 0.4) is 0 Å². The van der Waals surface area contributed by atoms with Crippen molar-refractivity contribution in [2.45, 2.75) is 16.5 Å². The third-order valence-electron chi connectivity index (χ3n) is 3.61. The molecule has 3 heterocycles. The number of hydrogen-bond donors (Lipinski definition) is 1. The highest BCUT2D eigenvalue weighted by Gasteiger charge is 2.23. The minimum absolute atomic E-state index is 0.0855. The standard InChI is InChI=1S/C17H13N7O6S2/c1-31(27,28)16-10(6-18-8-20-16)14-22-12(4-3-5-13(25)26)23-15(24-14)11-7-19-9-21-17(11)32(2,29)30/h6-9H,5H2,1-2H3,(H,25,26). The van der Waals surface area contributed by atoms with Gasteiger partial charge in [0, 0.05) is 24.9 Å². The molecular weight excluding hydrogens is 462 g/mol. The minimum Gasteiger partial charge on any atom is -0.481 e. The van der Waals surface area contributed by atoms with Crippen molar-refractivity contribution in [1.29, 1.82) is 0 Å². The van der Waals surface area contributed by atoms with E-state index in [1.165, 1.54) is 0 Å². The molecule has 32 heavy (non-hydrogen) atoms. The molecule has 0 aliphatic carbocycles. The number of carboxylic acids is 1. The Morgan fingerprint density at radius 1 is 0.875 bits per heavy atom. The first-order valence-corrected chi connectivity index (χ1v) is 12.2. The molecule has 0 atom stereocenters. The maximum absolute atomic E-state index is 12.1. The van der Waals surface area contributed by atoms with E-state index in [1.807, 2.05) is 0 Å². The molecule has 3 aromatic heterocycles. The molecule has 3 aromatic rings. The van der Waals surface area contributed by atoms with E-state index < -0.39 is 32.1 Å². The van der Waals surface area contributed by atoms with Crippen LogP contribution >= 0.6 is 0 Å². The summed E-state index contributed by atoms with van der Waals surface area (Å²) >= 11 is 0. The molecule has 0 aliphatic rings. The zero-order chi connectivity index (χ0) is 23.5. The lowest BCUT2D eigenvalue weighted by atomic mass is 10.3. The van der Waals surface area contributed by atoms with Gasteiger partial charge in [-0.05, 0) is 5.92 Å². The molecule has 3 rings (SSSR count). The molecule has 0 aliphatic heterocycles. The Bertz CT molecular complexity index is 1400. The first-order valence-electron chi connectivity index (χ1n) is 8.44. The number of sulfone groups is 2. The molecule has 0 unspecified atom stereocenters. The fraction of sp³-hybridized carbons (Fsp3) is 0.176. The Morgan fingerprint density at radius 3 is 1.75 bits per heavy atom. The van der Waals surface area contributed by atoms with Crippen LogP contribution in [0.15, 0.2) is 35.1 Å². The number of hydrogen-bond acceptors (Lipinski definition) is 12. The summed E-state index contributed by atoms with van der Waals surface area (Å²) in [7, 11) is -7.63. The topological polar surface area (TPSA) is 196 Å². The van der Waals surface area contributed by atoms with Gasteiger partial charge in [-0.25, -0.2) is 51.7 Å². The molecule has 164 valence electrons. The van der Waals surface area contributed by atoms with Gasteiger partial charge in [0.25, 0.3) is 0 Å². The van der Waals surface area contributed by atoms with Gasteiger partial charge in [0.15, 0.2) is 41.4 Å². The summed E-state index contributed by atoms with van der Waals surface area (Å²) < 4.78 is 48.6. The van der Waals surface area contributed by atoms with E-state index in [1.54, 1.807) is 0 Å². The Morgan fingerprint density at radius 2 is 1.34 bits per heavy atom. The van der Waals surface area contributed by atoms with Gasteiger partial charge in [0.1, 0.15) is 19.1 Å². The lowest BCUT2D eigenvalue weighted by Gasteiger charge is -2.09. The molecule has 0 fully saturated rings. The maximum atomic E-state index is 12.1. The second-order valence-corrected chi connectivity index (χ2v) is 10.1. The van der Waals surface area contributed by atoms with Crippen LogP contribution in [-0.2, 0) is 24.5 Å². The Hall–Kier alpha value is -3.90. The first kappa shape index (κ1) is 22.8. The number of rotatable bonds is 5. The number of nitrogens with zero attached hydrogens (tertiary/aromatic N) is 7. The van der Waals surface area contributed by atoms with E-state index in [0.717, 1.165) is 37.6 Å². The summed E-state index contributed by atoms with van der Waals surface area (Å²) in [6.45, 7) is 0. The quantitative estimate of drug-likeness (QED) is 0.364. The van der Waals surface area contributed by atoms with Crippen LogP contribution in [0.4, 0.5) is 0 Å². The van der Waals surface area contributed by atoms with Crippen molar-refractivity contribution in [2.24, 2.45) is 0 Å². The summed E-state index contributed by atoms with van der Waals surface area (Å²) in [5.41, 5.74) is -0.171. The van der Waals surface area contributed by atoms with Crippen molar-refractivity contribution in [3.63, 3.8) is 0 Å². The Kier molecular flexibility index (Phi) is 6.18. The number of carbonyl (C=O) groups is 1. The maximum Gasteiger partial charge on any atom is 0.315 e. The van der Waals surface area contributed by atoms with E-state index in [0.29, 0.717) is 0 Å². The number of aliphatic carboxylic acids is 1. The zero-order valence-corrected chi connectivity index (χ0v) is 18.1. The van der Waals surface area contributed by atoms with E-state index in [2.05, 4.69) is 46.7 Å². The van der Waals surface area contributed by atoms with Crippen LogP contribution in [-0.4, -0.2) is 75.3 Å². The summed E-state index contributed by atoms with van der Waals surface area (Å²) in [5, 5.41) is 8.04. The van der Waals surface area contributed by atoms with Crippen molar-refractivity contribution < 1.29 is 26.7 Å². The molecular formula is C17H13N7O6S2. The highest BCUT2D eigenvalue weighted by Crippen LogP contribution is 2.26. The third-order valence-corrected chi connectivity index (χ3v) is 5.67. The summed E-state index contributed by atoms with van der Waals surface area (Å²) in [4.78, 5) is 38.2. The lowest BCUT2D eigenvalue weighted by Crippen LogP contribution is -2.09. The molecule has 0 amide bonds. The molecule has 0 aromatic carbocycles. The van der Waals surface area contributed by atoms with Crippen LogP contribution in [0, 0.1) is 11.8 Å². The minimum atomic E-state index is -3.82. The number of aromatic nitrogens is 7. The zero-order valence-electron chi connectivity index (χ0n) is 16.5. The summed E-state index contributed by atoms with van der Waals surface area (Å²) in [6.07, 6.45) is 5.74. The average molecular weight is 475 g/mol. The lowest BCUT2D eigenvalue weighted by molar-refractivity contribution is -0.135. The molecule has 0 saturated heterocycles. The molecule has 0 saturated carbocycles. The fourth-order valence-corrected chi connectivity index (χ4v) is 3.97. The summed E-state index contributed by atoms with van der Waals surface area (Å²) in [6, 6.07) is 0. The van der Waals surface area contributed by atoms with Gasteiger partial charge >= 0.3 is 5.97 Å². The number of carboxylic acid groups (broad SMARTS) is 1. The van der Waals surface area contributed by atoms with Crippen molar-refractivity contribution in [2.75, 3.05) is 12.5 Å². The van der Waals surface area contributed by atoms with Gasteiger partial charge in [-0.3, -0.25) is 4.79 Å². The third kappa shape index (κ3) is 5.22. The average Bonchev–Trinajstić information content (AvgIpc) is 2.72. The molecule has 15 heteroatoms. The van der Waals surface area contributed by atoms with Crippen molar-refractivity contribution in [1.82, 2.24) is 34.9 Å². The highest BCUT2D eigenvalue weighted by atomic mass is 32.2. The summed E-state index contributed by atoms with van der Waals surface area (Å²) in [5.74, 6) is 2.92. The van der Waals surface area contributed by atoms with Gasteiger partial charge in [-0.15, -0.1) is 0 Å². The highest BCUT2D eigenvalue weighted by molar-refractivity contribution is 7.91. The van der Waals surface area contributed by atoms with Crippen molar-refractivity contribution in [3.8, 4) is 34.6 Å². The molecule has 0 bridgehead atoms. The second-order valence-electron chi connectivity index (χ2n) is 6.21. The fourth-order valence-electron chi connectivity index (χ4n) is 2.41. The first-order chi connectivity index (χ1) is 15.0. The molecule has 1 N–H and O–H groups in total. The largest absolute Gasteiger partial charge is 0.481 e. The predicted molar refractivity (Wildman–Crippen MR) is 107 cm³/mol. The van der Waals surface area contributed by atoms with E-state index in [9.17, 15) is 21.6 Å². The monoisotopic (exact) mass is 475 g/mol. The molecule has 0 radical (unpaired) electrons. The molecule has 0 spiro atoms.